The molecule has 0 spiro atoms. The van der Waals surface area contributed by atoms with Crippen molar-refractivity contribution in [2.75, 3.05) is 39.3 Å². The Morgan fingerprint density at radius 1 is 1.50 bits per heavy atom. The first-order valence-electron chi connectivity index (χ1n) is 4.46. The van der Waals surface area contributed by atoms with Gasteiger partial charge < -0.3 is 5.32 Å². The maximum atomic E-state index is 8.56. The largest absolute Gasteiger partial charge is 0.314 e. The summed E-state index contributed by atoms with van der Waals surface area (Å²) in [5.41, 5.74) is 0. The smallest absolute Gasteiger partial charge is 0.100 e. The maximum Gasteiger partial charge on any atom is 0.100 e. The topological polar surface area (TPSA) is 42.3 Å². The molecule has 0 radical (unpaired) electrons. The second kappa shape index (κ2) is 5.09. The van der Waals surface area contributed by atoms with Crippen molar-refractivity contribution >= 4 is 0 Å². The van der Waals surface area contributed by atoms with E-state index in [1.165, 1.54) is 0 Å². The van der Waals surface area contributed by atoms with E-state index in [0.29, 0.717) is 6.54 Å². The number of nitrogens with one attached hydrogen (secondary N) is 1. The van der Waals surface area contributed by atoms with E-state index >= 15 is 0 Å². The minimum absolute atomic E-state index is 0.510. The Balaban J connectivity index is 2.36. The van der Waals surface area contributed by atoms with Crippen LogP contribution >= 0.6 is 0 Å². The molecule has 0 aromatic heterocycles. The molecule has 1 fully saturated rings. The van der Waals surface area contributed by atoms with E-state index in [1.54, 1.807) is 0 Å². The molecule has 1 heterocycles. The summed E-state index contributed by atoms with van der Waals surface area (Å²) >= 11 is 0. The summed E-state index contributed by atoms with van der Waals surface area (Å²) in [5.74, 6) is 0. The summed E-state index contributed by atoms with van der Waals surface area (Å²) in [6, 6.07) is 2.18. The summed E-state index contributed by atoms with van der Waals surface area (Å²) in [6.45, 7) is 7.62. The van der Waals surface area contributed by atoms with Crippen molar-refractivity contribution in [3.63, 3.8) is 0 Å². The van der Waals surface area contributed by atoms with E-state index in [-0.39, 0.29) is 0 Å². The van der Waals surface area contributed by atoms with Gasteiger partial charge in [-0.2, -0.15) is 5.26 Å². The van der Waals surface area contributed by atoms with Gasteiger partial charge in [0, 0.05) is 32.7 Å². The standard InChI is InChI=1S/C8H16N4/c1-2-11(6-3-9)12-7-4-10-5-8-12/h10H,2,4-8H2,1H3. The van der Waals surface area contributed by atoms with Crippen LogP contribution in [0, 0.1) is 11.3 Å². The summed E-state index contributed by atoms with van der Waals surface area (Å²) in [4.78, 5) is 0. The molecule has 1 aliphatic heterocycles. The van der Waals surface area contributed by atoms with Crippen LogP contribution in [0.3, 0.4) is 0 Å². The average molecular weight is 168 g/mol. The molecule has 68 valence electrons. The lowest BCUT2D eigenvalue weighted by Gasteiger charge is -2.35. The fraction of sp³-hybridized carbons (Fsp3) is 0.875. The number of hydrogen-bond donors (Lipinski definition) is 1. The zero-order chi connectivity index (χ0) is 8.81. The molecule has 0 aromatic carbocycles. The van der Waals surface area contributed by atoms with Gasteiger partial charge in [0.05, 0.1) is 6.07 Å². The zero-order valence-electron chi connectivity index (χ0n) is 7.58. The van der Waals surface area contributed by atoms with Gasteiger partial charge in [-0.05, 0) is 0 Å². The number of hydrogen-bond acceptors (Lipinski definition) is 4. The molecular weight excluding hydrogens is 152 g/mol. The summed E-state index contributed by atoms with van der Waals surface area (Å²) in [6.07, 6.45) is 0. The van der Waals surface area contributed by atoms with E-state index in [0.717, 1.165) is 32.7 Å². The third kappa shape index (κ3) is 2.45. The van der Waals surface area contributed by atoms with Crippen LogP contribution in [0.1, 0.15) is 6.92 Å². The predicted octanol–water partition coefficient (Wildman–Crippen LogP) is -0.348. The van der Waals surface area contributed by atoms with Crippen molar-refractivity contribution in [2.45, 2.75) is 6.92 Å². The van der Waals surface area contributed by atoms with Crippen LogP contribution in [0.5, 0.6) is 0 Å². The second-order valence-electron chi connectivity index (χ2n) is 2.84. The second-order valence-corrected chi connectivity index (χ2v) is 2.84. The number of nitriles is 1. The van der Waals surface area contributed by atoms with E-state index in [4.69, 9.17) is 5.26 Å². The third-order valence-corrected chi connectivity index (χ3v) is 2.11. The van der Waals surface area contributed by atoms with Crippen molar-refractivity contribution in [1.29, 1.82) is 5.26 Å². The van der Waals surface area contributed by atoms with Gasteiger partial charge in [-0.25, -0.2) is 10.0 Å². The monoisotopic (exact) mass is 168 g/mol. The van der Waals surface area contributed by atoms with Crippen molar-refractivity contribution in [2.24, 2.45) is 0 Å². The number of piperazine rings is 1. The minimum Gasteiger partial charge on any atom is -0.314 e. The fourth-order valence-corrected chi connectivity index (χ4v) is 1.43. The molecule has 1 saturated heterocycles. The third-order valence-electron chi connectivity index (χ3n) is 2.11. The molecule has 1 N–H and O–H groups in total. The van der Waals surface area contributed by atoms with E-state index in [2.05, 4.69) is 28.3 Å². The Morgan fingerprint density at radius 2 is 2.17 bits per heavy atom. The molecule has 4 heteroatoms. The van der Waals surface area contributed by atoms with Crippen LogP contribution in [0.2, 0.25) is 0 Å². The summed E-state index contributed by atoms with van der Waals surface area (Å²) in [7, 11) is 0. The highest BCUT2D eigenvalue weighted by Crippen LogP contribution is 1.98. The zero-order valence-corrected chi connectivity index (χ0v) is 7.58. The first-order valence-corrected chi connectivity index (χ1v) is 4.46. The molecule has 0 aromatic rings. The van der Waals surface area contributed by atoms with Gasteiger partial charge in [0.2, 0.25) is 0 Å². The Bertz CT molecular complexity index is 157. The lowest BCUT2D eigenvalue weighted by atomic mass is 10.4. The predicted molar refractivity (Wildman–Crippen MR) is 47.3 cm³/mol. The molecule has 1 rings (SSSR count). The van der Waals surface area contributed by atoms with E-state index < -0.39 is 0 Å². The van der Waals surface area contributed by atoms with Gasteiger partial charge in [0.15, 0.2) is 0 Å². The van der Waals surface area contributed by atoms with Gasteiger partial charge in [0.25, 0.3) is 0 Å². The van der Waals surface area contributed by atoms with Crippen LogP contribution in [-0.4, -0.2) is 49.3 Å². The normalized spacial score (nSPS) is 19.4. The van der Waals surface area contributed by atoms with Gasteiger partial charge in [0.1, 0.15) is 6.54 Å². The molecule has 0 atom stereocenters. The maximum absolute atomic E-state index is 8.56. The highest BCUT2D eigenvalue weighted by molar-refractivity contribution is 4.76. The number of nitrogens with zero attached hydrogens (tertiary/aromatic N) is 3. The molecule has 12 heavy (non-hydrogen) atoms. The van der Waals surface area contributed by atoms with Crippen LogP contribution in [0.25, 0.3) is 0 Å². The van der Waals surface area contributed by atoms with E-state index in [1.807, 2.05) is 0 Å². The minimum atomic E-state index is 0.510. The molecule has 0 unspecified atom stereocenters. The van der Waals surface area contributed by atoms with Crippen molar-refractivity contribution in [1.82, 2.24) is 15.3 Å². The number of rotatable bonds is 3. The molecular formula is C8H16N4. The van der Waals surface area contributed by atoms with Gasteiger partial charge in [-0.15, -0.1) is 0 Å². The van der Waals surface area contributed by atoms with Crippen LogP contribution in [-0.2, 0) is 0 Å². The molecule has 1 aliphatic rings. The Kier molecular flexibility index (Phi) is 4.01. The van der Waals surface area contributed by atoms with Crippen LogP contribution < -0.4 is 5.32 Å². The van der Waals surface area contributed by atoms with Crippen LogP contribution in [0.15, 0.2) is 0 Å². The first kappa shape index (κ1) is 9.46. The molecule has 0 saturated carbocycles. The van der Waals surface area contributed by atoms with Crippen molar-refractivity contribution in [3.05, 3.63) is 0 Å². The highest BCUT2D eigenvalue weighted by Gasteiger charge is 2.15. The van der Waals surface area contributed by atoms with Gasteiger partial charge in [-0.1, -0.05) is 6.92 Å². The van der Waals surface area contributed by atoms with Crippen molar-refractivity contribution < 1.29 is 0 Å². The average Bonchev–Trinajstić information content (AvgIpc) is 2.15. The highest BCUT2D eigenvalue weighted by atomic mass is 15.6. The SMILES string of the molecule is CCN(CC#N)N1CCNCC1. The lowest BCUT2D eigenvalue weighted by molar-refractivity contribution is -0.0182. The van der Waals surface area contributed by atoms with Crippen molar-refractivity contribution in [3.8, 4) is 6.07 Å². The van der Waals surface area contributed by atoms with E-state index in [9.17, 15) is 0 Å². The molecule has 0 bridgehead atoms. The number of hydrazine groups is 1. The fourth-order valence-electron chi connectivity index (χ4n) is 1.43. The quantitative estimate of drug-likeness (QED) is 0.585. The lowest BCUT2D eigenvalue weighted by Crippen LogP contribution is -2.52. The molecule has 0 aliphatic carbocycles. The van der Waals surface area contributed by atoms with Gasteiger partial charge >= 0.3 is 0 Å². The first-order chi connectivity index (χ1) is 5.88. The summed E-state index contributed by atoms with van der Waals surface area (Å²) < 4.78 is 0. The summed E-state index contributed by atoms with van der Waals surface area (Å²) in [5, 5.41) is 16.2. The Labute approximate surface area is 73.7 Å². The van der Waals surface area contributed by atoms with Crippen LogP contribution in [0.4, 0.5) is 0 Å². The Hall–Kier alpha value is -0.630. The van der Waals surface area contributed by atoms with Gasteiger partial charge in [-0.3, -0.25) is 0 Å². The Morgan fingerprint density at radius 3 is 2.67 bits per heavy atom. The molecule has 0 amide bonds. The molecule has 4 nitrogen and oxygen atoms in total.